The van der Waals surface area contributed by atoms with E-state index in [0.29, 0.717) is 0 Å². The van der Waals surface area contributed by atoms with Gasteiger partial charge in [-0.15, -0.1) is 0 Å². The maximum absolute atomic E-state index is 6.51. The molecule has 0 aliphatic rings. The van der Waals surface area contributed by atoms with Crippen LogP contribution in [0.5, 0.6) is 0 Å². The van der Waals surface area contributed by atoms with E-state index in [2.05, 4.69) is 223 Å². The molecule has 3 heteroatoms. The van der Waals surface area contributed by atoms with Crippen molar-refractivity contribution in [1.29, 1.82) is 0 Å². The van der Waals surface area contributed by atoms with Crippen molar-refractivity contribution in [1.82, 2.24) is 0 Å². The van der Waals surface area contributed by atoms with Gasteiger partial charge in [-0.1, -0.05) is 176 Å². The zero-order valence-electron chi connectivity index (χ0n) is 36.3. The van der Waals surface area contributed by atoms with Gasteiger partial charge in [0.15, 0.2) is 0 Å². The first-order valence-corrected chi connectivity index (χ1v) is 22.9. The topological polar surface area (TPSA) is 29.5 Å². The van der Waals surface area contributed by atoms with Crippen molar-refractivity contribution in [2.75, 3.05) is 4.90 Å². The van der Waals surface area contributed by atoms with Crippen LogP contribution in [0.2, 0.25) is 0 Å². The summed E-state index contributed by atoms with van der Waals surface area (Å²) in [5.74, 6) is 0. The van der Waals surface area contributed by atoms with Gasteiger partial charge in [0.1, 0.15) is 22.3 Å². The molecule has 12 aromatic carbocycles. The third kappa shape index (κ3) is 5.85. The first-order chi connectivity index (χ1) is 33.2. The largest absolute Gasteiger partial charge is 0.456 e. The summed E-state index contributed by atoms with van der Waals surface area (Å²) in [6, 6.07) is 85.5. The van der Waals surface area contributed by atoms with Crippen LogP contribution >= 0.6 is 0 Å². The first kappa shape index (κ1) is 37.5. The first-order valence-electron chi connectivity index (χ1n) is 22.9. The van der Waals surface area contributed by atoms with Crippen molar-refractivity contribution in [3.8, 4) is 33.4 Å². The minimum absolute atomic E-state index is 0.860. The molecule has 0 amide bonds. The van der Waals surface area contributed by atoms with E-state index < -0.39 is 0 Å². The number of fused-ring (bicyclic) bond motifs is 13. The Bertz CT molecular complexity index is 4250. The second-order valence-electron chi connectivity index (χ2n) is 17.5. The monoisotopic (exact) mass is 853 g/mol. The SMILES string of the molecule is c1cc(-c2cccc3oc4ccccc4c23)c(-c2cccc3ccccc23)c(N(c2ccc(-c3ccc4c5ccccc5c5ccccc5c4c3)cc2)c2ccc3oc4ccccc4c3c2)c1. The van der Waals surface area contributed by atoms with Crippen molar-refractivity contribution >= 4 is 104 Å². The van der Waals surface area contributed by atoms with Gasteiger partial charge in [0.05, 0.1) is 5.69 Å². The Kier molecular flexibility index (Phi) is 8.28. The normalized spacial score (nSPS) is 11.9. The van der Waals surface area contributed by atoms with Crippen molar-refractivity contribution in [2.24, 2.45) is 0 Å². The van der Waals surface area contributed by atoms with Gasteiger partial charge in [-0.3, -0.25) is 0 Å². The van der Waals surface area contributed by atoms with Gasteiger partial charge in [-0.25, -0.2) is 0 Å². The van der Waals surface area contributed by atoms with Crippen LogP contribution < -0.4 is 4.90 Å². The highest BCUT2D eigenvalue weighted by Crippen LogP contribution is 2.50. The fraction of sp³-hybridized carbons (Fsp3) is 0. The lowest BCUT2D eigenvalue weighted by molar-refractivity contribution is 0.668. The third-order valence-electron chi connectivity index (χ3n) is 13.9. The lowest BCUT2D eigenvalue weighted by Gasteiger charge is -2.30. The summed E-state index contributed by atoms with van der Waals surface area (Å²) in [5.41, 5.74) is 13.5. The zero-order chi connectivity index (χ0) is 44.0. The fourth-order valence-corrected chi connectivity index (χ4v) is 10.8. The second-order valence-corrected chi connectivity index (χ2v) is 17.5. The van der Waals surface area contributed by atoms with Crippen LogP contribution in [0.15, 0.2) is 245 Å². The van der Waals surface area contributed by atoms with E-state index in [0.717, 1.165) is 88.8 Å². The van der Waals surface area contributed by atoms with E-state index in [-0.39, 0.29) is 0 Å². The van der Waals surface area contributed by atoms with Crippen LogP contribution in [0.3, 0.4) is 0 Å². The molecule has 0 saturated heterocycles. The lowest BCUT2D eigenvalue weighted by atomic mass is 9.87. The number of rotatable bonds is 6. The molecule has 0 saturated carbocycles. The van der Waals surface area contributed by atoms with Crippen molar-refractivity contribution in [3.05, 3.63) is 237 Å². The van der Waals surface area contributed by atoms with E-state index in [1.807, 2.05) is 18.2 Å². The summed E-state index contributed by atoms with van der Waals surface area (Å²) in [5, 5.41) is 14.4. The summed E-state index contributed by atoms with van der Waals surface area (Å²) in [4.78, 5) is 2.43. The number of hydrogen-bond donors (Lipinski definition) is 0. The van der Waals surface area contributed by atoms with Gasteiger partial charge in [0.2, 0.25) is 0 Å². The van der Waals surface area contributed by atoms with Crippen LogP contribution in [0.4, 0.5) is 17.1 Å². The third-order valence-corrected chi connectivity index (χ3v) is 13.9. The van der Waals surface area contributed by atoms with Crippen LogP contribution in [0.1, 0.15) is 0 Å². The number of para-hydroxylation sites is 2. The summed E-state index contributed by atoms with van der Waals surface area (Å²) in [6.45, 7) is 0. The highest BCUT2D eigenvalue weighted by Gasteiger charge is 2.25. The molecule has 0 bridgehead atoms. The molecule has 3 nitrogen and oxygen atoms in total. The van der Waals surface area contributed by atoms with Crippen LogP contribution in [-0.4, -0.2) is 0 Å². The van der Waals surface area contributed by atoms with Crippen molar-refractivity contribution < 1.29 is 8.83 Å². The molecule has 2 aromatic heterocycles. The van der Waals surface area contributed by atoms with Crippen LogP contribution in [0.25, 0.3) is 120 Å². The Morgan fingerprint density at radius 2 is 0.776 bits per heavy atom. The average Bonchev–Trinajstić information content (AvgIpc) is 3.97. The predicted molar refractivity (Wildman–Crippen MR) is 282 cm³/mol. The molecule has 67 heavy (non-hydrogen) atoms. The molecule has 14 rings (SSSR count). The van der Waals surface area contributed by atoms with Crippen LogP contribution in [-0.2, 0) is 0 Å². The zero-order valence-corrected chi connectivity index (χ0v) is 36.3. The molecular weight excluding hydrogens is 815 g/mol. The smallest absolute Gasteiger partial charge is 0.136 e. The molecule has 0 N–H and O–H groups in total. The molecule has 2 heterocycles. The van der Waals surface area contributed by atoms with Gasteiger partial charge in [-0.05, 0) is 132 Å². The van der Waals surface area contributed by atoms with Crippen LogP contribution in [0, 0.1) is 0 Å². The Balaban J connectivity index is 1.02. The number of benzene rings is 12. The molecule has 0 aliphatic heterocycles. The van der Waals surface area contributed by atoms with E-state index >= 15 is 0 Å². The average molecular weight is 854 g/mol. The van der Waals surface area contributed by atoms with E-state index in [4.69, 9.17) is 8.83 Å². The predicted octanol–water partition coefficient (Wildman–Crippen LogP) is 18.6. The van der Waals surface area contributed by atoms with E-state index in [1.165, 1.54) is 48.7 Å². The van der Waals surface area contributed by atoms with Crippen molar-refractivity contribution in [3.63, 3.8) is 0 Å². The van der Waals surface area contributed by atoms with Gasteiger partial charge < -0.3 is 13.7 Å². The minimum Gasteiger partial charge on any atom is -0.456 e. The molecule has 0 fully saturated rings. The molecular formula is C64H39NO2. The minimum atomic E-state index is 0.860. The second kappa shape index (κ2) is 14.8. The molecule has 0 aliphatic carbocycles. The van der Waals surface area contributed by atoms with E-state index in [1.54, 1.807) is 0 Å². The number of nitrogens with zero attached hydrogens (tertiary/aromatic N) is 1. The maximum atomic E-state index is 6.51. The van der Waals surface area contributed by atoms with Gasteiger partial charge in [0.25, 0.3) is 0 Å². The molecule has 0 atom stereocenters. The van der Waals surface area contributed by atoms with E-state index in [9.17, 15) is 0 Å². The lowest BCUT2D eigenvalue weighted by Crippen LogP contribution is -2.12. The molecule has 0 radical (unpaired) electrons. The Morgan fingerprint density at radius 3 is 1.55 bits per heavy atom. The highest BCUT2D eigenvalue weighted by atomic mass is 16.3. The molecule has 14 aromatic rings. The molecule has 312 valence electrons. The summed E-state index contributed by atoms with van der Waals surface area (Å²) < 4.78 is 12.9. The summed E-state index contributed by atoms with van der Waals surface area (Å²) in [6.07, 6.45) is 0. The van der Waals surface area contributed by atoms with Crippen molar-refractivity contribution in [2.45, 2.75) is 0 Å². The Hall–Kier alpha value is -8.92. The number of anilines is 3. The molecule has 0 unspecified atom stereocenters. The Morgan fingerprint density at radius 1 is 0.269 bits per heavy atom. The molecule has 0 spiro atoms. The Labute approximate surface area is 386 Å². The number of furan rings is 2. The number of hydrogen-bond acceptors (Lipinski definition) is 3. The fourth-order valence-electron chi connectivity index (χ4n) is 10.8. The van der Waals surface area contributed by atoms with Gasteiger partial charge in [-0.2, -0.15) is 0 Å². The van der Waals surface area contributed by atoms with Gasteiger partial charge in [0, 0.05) is 38.5 Å². The standard InChI is InChI=1S/C64H39NO2/c1-2-16-45-41(14-1)15-11-23-52(45)63-53(54-25-13-29-62-64(54)55-22-8-10-28-60(55)67-62)24-12-26-58(63)65(44-35-37-61-57(39-44)51-21-7-9-27-59(51)66-61)43-33-30-40(31-34-43)42-32-36-50-48-19-4-3-17-46(48)47-18-5-6-20-49(47)56(50)38-42/h1-39H. The highest BCUT2D eigenvalue weighted by molar-refractivity contribution is 6.26. The summed E-state index contributed by atoms with van der Waals surface area (Å²) >= 11 is 0. The summed E-state index contributed by atoms with van der Waals surface area (Å²) in [7, 11) is 0. The maximum Gasteiger partial charge on any atom is 0.136 e. The quantitative estimate of drug-likeness (QED) is 0.156. The van der Waals surface area contributed by atoms with Gasteiger partial charge >= 0.3 is 0 Å².